The molecule has 0 bridgehead atoms. The Morgan fingerprint density at radius 2 is 1.96 bits per heavy atom. The molecule has 2 aromatic rings. The summed E-state index contributed by atoms with van der Waals surface area (Å²) in [6, 6.07) is 14.0. The molecule has 0 fully saturated rings. The Morgan fingerprint density at radius 1 is 1.12 bits per heavy atom. The summed E-state index contributed by atoms with van der Waals surface area (Å²) in [7, 11) is 1.75. The van der Waals surface area contributed by atoms with E-state index >= 15 is 0 Å². The summed E-state index contributed by atoms with van der Waals surface area (Å²) < 4.78 is 16.3. The van der Waals surface area contributed by atoms with Crippen LogP contribution in [0.4, 0.5) is 0 Å². The monoisotopic (exact) mass is 469 g/mol. The van der Waals surface area contributed by atoms with E-state index in [-0.39, 0.29) is 30.8 Å². The molecule has 7 heteroatoms. The third kappa shape index (κ3) is 5.69. The van der Waals surface area contributed by atoms with Gasteiger partial charge < -0.3 is 24.8 Å². The van der Waals surface area contributed by atoms with Gasteiger partial charge in [-0.3, -0.25) is 4.99 Å². The number of rotatable bonds is 6. The molecule has 0 saturated heterocycles. The Morgan fingerprint density at radius 3 is 2.77 bits per heavy atom. The maximum atomic E-state index is 5.72. The lowest BCUT2D eigenvalue weighted by Gasteiger charge is -2.13. The third-order valence-electron chi connectivity index (χ3n) is 3.77. The topological polar surface area (TPSA) is 64.1 Å². The highest BCUT2D eigenvalue weighted by molar-refractivity contribution is 14.0. The van der Waals surface area contributed by atoms with Gasteiger partial charge in [-0.2, -0.15) is 0 Å². The first-order valence-electron chi connectivity index (χ1n) is 8.27. The van der Waals surface area contributed by atoms with Crippen LogP contribution in [0, 0.1) is 6.92 Å². The molecule has 0 spiro atoms. The van der Waals surface area contributed by atoms with Gasteiger partial charge in [-0.1, -0.05) is 29.8 Å². The fourth-order valence-corrected chi connectivity index (χ4v) is 2.53. The Bertz CT molecular complexity index is 753. The smallest absolute Gasteiger partial charge is 0.231 e. The predicted octanol–water partition coefficient (Wildman–Crippen LogP) is 3.09. The van der Waals surface area contributed by atoms with Crippen molar-refractivity contribution < 1.29 is 14.2 Å². The van der Waals surface area contributed by atoms with E-state index in [4.69, 9.17) is 14.2 Å². The zero-order valence-corrected chi connectivity index (χ0v) is 17.3. The zero-order valence-electron chi connectivity index (χ0n) is 15.0. The van der Waals surface area contributed by atoms with E-state index in [2.05, 4.69) is 46.8 Å². The number of aryl methyl sites for hydroxylation is 1. The molecule has 26 heavy (non-hydrogen) atoms. The van der Waals surface area contributed by atoms with Crippen molar-refractivity contribution in [2.24, 2.45) is 4.99 Å². The molecule has 6 nitrogen and oxygen atoms in total. The average molecular weight is 469 g/mol. The van der Waals surface area contributed by atoms with Crippen LogP contribution in [0.5, 0.6) is 17.2 Å². The summed E-state index contributed by atoms with van der Waals surface area (Å²) in [4.78, 5) is 4.22. The normalized spacial score (nSPS) is 12.3. The summed E-state index contributed by atoms with van der Waals surface area (Å²) in [6.45, 7) is 4.24. The van der Waals surface area contributed by atoms with Crippen LogP contribution >= 0.6 is 24.0 Å². The van der Waals surface area contributed by atoms with E-state index in [1.807, 2.05) is 18.2 Å². The second kappa shape index (κ2) is 10.1. The van der Waals surface area contributed by atoms with Crippen molar-refractivity contribution in [2.45, 2.75) is 13.5 Å². The van der Waals surface area contributed by atoms with Crippen molar-refractivity contribution in [3.63, 3.8) is 0 Å². The van der Waals surface area contributed by atoms with E-state index in [1.54, 1.807) is 7.05 Å². The Labute approximate surface area is 171 Å². The van der Waals surface area contributed by atoms with E-state index in [0.29, 0.717) is 13.2 Å². The van der Waals surface area contributed by atoms with Gasteiger partial charge >= 0.3 is 0 Å². The molecule has 1 heterocycles. The molecule has 140 valence electrons. The highest BCUT2D eigenvalue weighted by Gasteiger charge is 2.13. The number of halogens is 1. The Balaban J connectivity index is 0.00000243. The molecule has 0 aromatic heterocycles. The van der Waals surface area contributed by atoms with Crippen LogP contribution < -0.4 is 24.8 Å². The number of ether oxygens (including phenoxy) is 3. The molecule has 2 aromatic carbocycles. The first-order valence-corrected chi connectivity index (χ1v) is 8.27. The number of nitrogens with zero attached hydrogens (tertiary/aromatic N) is 1. The molecule has 0 atom stereocenters. The number of aliphatic imine (C=N–C) groups is 1. The Hall–Kier alpha value is -2.16. The molecule has 0 radical (unpaired) electrons. The minimum atomic E-state index is 0. The average Bonchev–Trinajstić information content (AvgIpc) is 3.09. The number of fused-ring (bicyclic) bond motifs is 1. The van der Waals surface area contributed by atoms with E-state index in [9.17, 15) is 0 Å². The van der Waals surface area contributed by atoms with Crippen LogP contribution in [0.25, 0.3) is 0 Å². The number of hydrogen-bond donors (Lipinski definition) is 2. The summed E-state index contributed by atoms with van der Waals surface area (Å²) in [5.74, 6) is 2.98. The lowest BCUT2D eigenvalue weighted by Crippen LogP contribution is -2.38. The van der Waals surface area contributed by atoms with Crippen molar-refractivity contribution >= 4 is 29.9 Å². The molecular weight excluding hydrogens is 445 g/mol. The molecule has 1 aliphatic rings. The second-order valence-corrected chi connectivity index (χ2v) is 5.71. The Kier molecular flexibility index (Phi) is 7.83. The standard InChI is InChI=1S/C19H23N3O3.HI/c1-14-4-3-5-15(10-14)12-22-19(20-2)21-8-9-23-16-6-7-17-18(11-16)25-13-24-17;/h3-7,10-11H,8-9,12-13H2,1-2H3,(H2,20,21,22);1H. The third-order valence-corrected chi connectivity index (χ3v) is 3.77. The van der Waals surface area contributed by atoms with Crippen molar-refractivity contribution in [2.75, 3.05) is 27.0 Å². The lowest BCUT2D eigenvalue weighted by molar-refractivity contribution is 0.173. The SMILES string of the molecule is CN=C(NCCOc1ccc2c(c1)OCO2)NCc1cccc(C)c1.I. The maximum Gasteiger partial charge on any atom is 0.231 e. The van der Waals surface area contributed by atoms with E-state index in [1.165, 1.54) is 11.1 Å². The van der Waals surface area contributed by atoms with Gasteiger partial charge in [-0.05, 0) is 24.6 Å². The molecule has 2 N–H and O–H groups in total. The number of guanidine groups is 1. The number of benzene rings is 2. The maximum absolute atomic E-state index is 5.72. The summed E-state index contributed by atoms with van der Waals surface area (Å²) >= 11 is 0. The molecule has 1 aliphatic heterocycles. The van der Waals surface area contributed by atoms with Gasteiger partial charge in [0.2, 0.25) is 6.79 Å². The summed E-state index contributed by atoms with van der Waals surface area (Å²) in [6.07, 6.45) is 0. The minimum Gasteiger partial charge on any atom is -0.492 e. The fourth-order valence-electron chi connectivity index (χ4n) is 2.53. The van der Waals surface area contributed by atoms with Gasteiger partial charge in [0, 0.05) is 19.7 Å². The van der Waals surface area contributed by atoms with Crippen LogP contribution in [-0.4, -0.2) is 33.0 Å². The highest BCUT2D eigenvalue weighted by Crippen LogP contribution is 2.34. The van der Waals surface area contributed by atoms with Crippen molar-refractivity contribution in [1.82, 2.24) is 10.6 Å². The summed E-state index contributed by atoms with van der Waals surface area (Å²) in [5.41, 5.74) is 2.47. The lowest BCUT2D eigenvalue weighted by atomic mass is 10.1. The van der Waals surface area contributed by atoms with Crippen molar-refractivity contribution in [1.29, 1.82) is 0 Å². The van der Waals surface area contributed by atoms with Gasteiger partial charge in [0.25, 0.3) is 0 Å². The quantitative estimate of drug-likeness (QED) is 0.295. The molecule has 3 rings (SSSR count). The van der Waals surface area contributed by atoms with Gasteiger partial charge in [-0.15, -0.1) is 24.0 Å². The minimum absolute atomic E-state index is 0. The van der Waals surface area contributed by atoms with Crippen molar-refractivity contribution in [3.05, 3.63) is 53.6 Å². The van der Waals surface area contributed by atoms with Gasteiger partial charge in [0.05, 0.1) is 6.54 Å². The van der Waals surface area contributed by atoms with E-state index < -0.39 is 0 Å². The van der Waals surface area contributed by atoms with Gasteiger partial charge in [-0.25, -0.2) is 0 Å². The number of nitrogens with one attached hydrogen (secondary N) is 2. The van der Waals surface area contributed by atoms with Gasteiger partial charge in [0.15, 0.2) is 17.5 Å². The van der Waals surface area contributed by atoms with E-state index in [0.717, 1.165) is 29.8 Å². The molecular formula is C19H24IN3O3. The molecule has 0 saturated carbocycles. The molecule has 0 amide bonds. The number of hydrogen-bond acceptors (Lipinski definition) is 4. The molecule has 0 aliphatic carbocycles. The van der Waals surface area contributed by atoms with Crippen LogP contribution in [0.15, 0.2) is 47.5 Å². The summed E-state index contributed by atoms with van der Waals surface area (Å²) in [5, 5.41) is 6.53. The first kappa shape index (κ1) is 20.2. The van der Waals surface area contributed by atoms with Gasteiger partial charge in [0.1, 0.15) is 12.4 Å². The van der Waals surface area contributed by atoms with Crippen LogP contribution in [0.2, 0.25) is 0 Å². The second-order valence-electron chi connectivity index (χ2n) is 5.71. The van der Waals surface area contributed by atoms with Crippen LogP contribution in [0.1, 0.15) is 11.1 Å². The predicted molar refractivity (Wildman–Crippen MR) is 113 cm³/mol. The largest absolute Gasteiger partial charge is 0.492 e. The first-order chi connectivity index (χ1) is 12.2. The van der Waals surface area contributed by atoms with Crippen molar-refractivity contribution in [3.8, 4) is 17.2 Å². The zero-order chi connectivity index (χ0) is 17.5. The van der Waals surface area contributed by atoms with Crippen LogP contribution in [-0.2, 0) is 6.54 Å². The highest BCUT2D eigenvalue weighted by atomic mass is 127. The molecule has 0 unspecified atom stereocenters. The van der Waals surface area contributed by atoms with Crippen LogP contribution in [0.3, 0.4) is 0 Å². The fraction of sp³-hybridized carbons (Fsp3) is 0.316.